The Balaban J connectivity index is 1.86. The van der Waals surface area contributed by atoms with E-state index < -0.39 is 0 Å². The molecule has 0 atom stereocenters. The summed E-state index contributed by atoms with van der Waals surface area (Å²) in [4.78, 5) is 11.9. The highest BCUT2D eigenvalue weighted by molar-refractivity contribution is 5.93. The van der Waals surface area contributed by atoms with Crippen LogP contribution in [0.5, 0.6) is 0 Å². The van der Waals surface area contributed by atoms with E-state index in [-0.39, 0.29) is 12.5 Å². The standard InChI is InChI=1S/C17H20N2O2/c1-13-6-8-15(9-7-13)19-17(20)11-18-16-5-3-4-14(10-16)12-21-2/h3-10,18H,11-12H2,1-2H3,(H,19,20). The van der Waals surface area contributed by atoms with E-state index in [0.717, 1.165) is 16.9 Å². The van der Waals surface area contributed by atoms with Crippen LogP contribution in [0.1, 0.15) is 11.1 Å². The van der Waals surface area contributed by atoms with E-state index >= 15 is 0 Å². The van der Waals surface area contributed by atoms with Crippen molar-refractivity contribution in [2.24, 2.45) is 0 Å². The average molecular weight is 284 g/mol. The number of hydrogen-bond donors (Lipinski definition) is 2. The fourth-order valence-corrected chi connectivity index (χ4v) is 1.96. The molecule has 1 amide bonds. The van der Waals surface area contributed by atoms with Crippen molar-refractivity contribution >= 4 is 17.3 Å². The number of methoxy groups -OCH3 is 1. The highest BCUT2D eigenvalue weighted by Crippen LogP contribution is 2.12. The van der Waals surface area contributed by atoms with Gasteiger partial charge in [0, 0.05) is 18.5 Å². The number of aryl methyl sites for hydroxylation is 1. The second-order valence-electron chi connectivity index (χ2n) is 4.90. The lowest BCUT2D eigenvalue weighted by atomic mass is 10.2. The van der Waals surface area contributed by atoms with Gasteiger partial charge >= 0.3 is 0 Å². The number of carbonyl (C=O) groups is 1. The van der Waals surface area contributed by atoms with Crippen LogP contribution in [-0.4, -0.2) is 19.6 Å². The maximum Gasteiger partial charge on any atom is 0.243 e. The molecular weight excluding hydrogens is 264 g/mol. The van der Waals surface area contributed by atoms with Gasteiger partial charge in [-0.05, 0) is 36.8 Å². The molecule has 4 heteroatoms. The van der Waals surface area contributed by atoms with E-state index in [2.05, 4.69) is 10.6 Å². The second-order valence-corrected chi connectivity index (χ2v) is 4.90. The minimum absolute atomic E-state index is 0.0732. The Hall–Kier alpha value is -2.33. The summed E-state index contributed by atoms with van der Waals surface area (Å²) in [5, 5.41) is 5.96. The number of ether oxygens (including phenoxy) is 1. The Kier molecular flexibility index (Phi) is 5.35. The van der Waals surface area contributed by atoms with Crippen molar-refractivity contribution in [1.82, 2.24) is 0 Å². The number of carbonyl (C=O) groups excluding carboxylic acids is 1. The summed E-state index contributed by atoms with van der Waals surface area (Å²) in [7, 11) is 1.66. The number of benzene rings is 2. The first kappa shape index (κ1) is 15.1. The Morgan fingerprint density at radius 1 is 1.10 bits per heavy atom. The van der Waals surface area contributed by atoms with Gasteiger partial charge in [0.15, 0.2) is 0 Å². The first-order chi connectivity index (χ1) is 10.2. The number of amides is 1. The van der Waals surface area contributed by atoms with Crippen molar-refractivity contribution in [3.05, 3.63) is 59.7 Å². The van der Waals surface area contributed by atoms with Crippen molar-refractivity contribution in [3.8, 4) is 0 Å². The van der Waals surface area contributed by atoms with Gasteiger partial charge in [0.05, 0.1) is 13.2 Å². The molecule has 0 aliphatic heterocycles. The summed E-state index contributed by atoms with van der Waals surface area (Å²) in [6, 6.07) is 15.6. The number of rotatable bonds is 6. The second kappa shape index (κ2) is 7.45. The molecule has 0 aliphatic carbocycles. The quantitative estimate of drug-likeness (QED) is 0.856. The van der Waals surface area contributed by atoms with Crippen LogP contribution >= 0.6 is 0 Å². The van der Waals surface area contributed by atoms with Crippen LogP contribution in [0.15, 0.2) is 48.5 Å². The van der Waals surface area contributed by atoms with E-state index in [9.17, 15) is 4.79 Å². The SMILES string of the molecule is COCc1cccc(NCC(=O)Nc2ccc(C)cc2)c1. The zero-order valence-corrected chi connectivity index (χ0v) is 12.3. The topological polar surface area (TPSA) is 50.4 Å². The average Bonchev–Trinajstić information content (AvgIpc) is 2.48. The van der Waals surface area contributed by atoms with E-state index in [1.165, 1.54) is 5.56 Å². The maximum atomic E-state index is 11.9. The predicted molar refractivity (Wildman–Crippen MR) is 85.5 cm³/mol. The zero-order chi connectivity index (χ0) is 15.1. The van der Waals surface area contributed by atoms with Crippen LogP contribution in [0, 0.1) is 6.92 Å². The molecule has 2 N–H and O–H groups in total. The van der Waals surface area contributed by atoms with Crippen LogP contribution in [0.4, 0.5) is 11.4 Å². The Labute approximate surface area is 125 Å². The minimum atomic E-state index is -0.0732. The van der Waals surface area contributed by atoms with E-state index in [0.29, 0.717) is 6.61 Å². The summed E-state index contributed by atoms with van der Waals surface area (Å²) in [6.07, 6.45) is 0. The molecular formula is C17H20N2O2. The molecule has 0 saturated carbocycles. The Bertz CT molecular complexity index is 594. The van der Waals surface area contributed by atoms with Gasteiger partial charge < -0.3 is 15.4 Å². The third kappa shape index (κ3) is 4.93. The van der Waals surface area contributed by atoms with Crippen LogP contribution in [0.25, 0.3) is 0 Å². The number of nitrogens with one attached hydrogen (secondary N) is 2. The van der Waals surface area contributed by atoms with Gasteiger partial charge in [-0.2, -0.15) is 0 Å². The van der Waals surface area contributed by atoms with Crippen LogP contribution in [0.2, 0.25) is 0 Å². The fourth-order valence-electron chi connectivity index (χ4n) is 1.96. The highest BCUT2D eigenvalue weighted by Gasteiger charge is 2.02. The summed E-state index contributed by atoms with van der Waals surface area (Å²) in [5.74, 6) is -0.0732. The van der Waals surface area contributed by atoms with Gasteiger partial charge in [0.1, 0.15) is 0 Å². The van der Waals surface area contributed by atoms with E-state index in [1.54, 1.807) is 7.11 Å². The predicted octanol–water partition coefficient (Wildman–Crippen LogP) is 3.19. The minimum Gasteiger partial charge on any atom is -0.380 e. The smallest absolute Gasteiger partial charge is 0.243 e. The largest absolute Gasteiger partial charge is 0.380 e. The molecule has 2 aromatic rings. The van der Waals surface area contributed by atoms with Crippen molar-refractivity contribution in [3.63, 3.8) is 0 Å². The third-order valence-corrected chi connectivity index (χ3v) is 3.03. The van der Waals surface area contributed by atoms with Crippen molar-refractivity contribution in [2.45, 2.75) is 13.5 Å². The normalized spacial score (nSPS) is 10.2. The first-order valence-electron chi connectivity index (χ1n) is 6.85. The molecule has 0 aromatic heterocycles. The van der Waals surface area contributed by atoms with Gasteiger partial charge in [-0.3, -0.25) is 4.79 Å². The zero-order valence-electron chi connectivity index (χ0n) is 12.3. The lowest BCUT2D eigenvalue weighted by Gasteiger charge is -2.09. The lowest BCUT2D eigenvalue weighted by molar-refractivity contribution is -0.114. The molecule has 0 saturated heterocycles. The molecule has 2 rings (SSSR count). The van der Waals surface area contributed by atoms with Gasteiger partial charge in [-0.1, -0.05) is 29.8 Å². The number of hydrogen-bond acceptors (Lipinski definition) is 3. The molecule has 110 valence electrons. The third-order valence-electron chi connectivity index (χ3n) is 3.03. The van der Waals surface area contributed by atoms with Crippen molar-refractivity contribution < 1.29 is 9.53 Å². The van der Waals surface area contributed by atoms with Crippen LogP contribution in [0.3, 0.4) is 0 Å². The monoisotopic (exact) mass is 284 g/mol. The first-order valence-corrected chi connectivity index (χ1v) is 6.85. The molecule has 0 fully saturated rings. The van der Waals surface area contributed by atoms with E-state index in [4.69, 9.17) is 4.74 Å². The van der Waals surface area contributed by atoms with E-state index in [1.807, 2.05) is 55.5 Å². The summed E-state index contributed by atoms with van der Waals surface area (Å²) in [6.45, 7) is 2.80. The molecule has 0 bridgehead atoms. The Morgan fingerprint density at radius 2 is 1.86 bits per heavy atom. The summed E-state index contributed by atoms with van der Waals surface area (Å²) >= 11 is 0. The molecule has 0 radical (unpaired) electrons. The number of anilines is 2. The highest BCUT2D eigenvalue weighted by atomic mass is 16.5. The van der Waals surface area contributed by atoms with Crippen molar-refractivity contribution in [1.29, 1.82) is 0 Å². The Morgan fingerprint density at radius 3 is 2.57 bits per heavy atom. The van der Waals surface area contributed by atoms with Gasteiger partial charge in [-0.25, -0.2) is 0 Å². The van der Waals surface area contributed by atoms with Crippen molar-refractivity contribution in [2.75, 3.05) is 24.3 Å². The molecule has 0 spiro atoms. The van der Waals surface area contributed by atoms with Gasteiger partial charge in [-0.15, -0.1) is 0 Å². The summed E-state index contributed by atoms with van der Waals surface area (Å²) in [5.41, 5.74) is 3.95. The molecule has 0 aliphatic rings. The van der Waals surface area contributed by atoms with Crippen LogP contribution < -0.4 is 10.6 Å². The van der Waals surface area contributed by atoms with Gasteiger partial charge in [0.2, 0.25) is 5.91 Å². The molecule has 4 nitrogen and oxygen atoms in total. The molecule has 0 unspecified atom stereocenters. The molecule has 21 heavy (non-hydrogen) atoms. The summed E-state index contributed by atoms with van der Waals surface area (Å²) < 4.78 is 5.09. The fraction of sp³-hybridized carbons (Fsp3) is 0.235. The molecule has 2 aromatic carbocycles. The van der Waals surface area contributed by atoms with Gasteiger partial charge in [0.25, 0.3) is 0 Å². The lowest BCUT2D eigenvalue weighted by Crippen LogP contribution is -2.21. The maximum absolute atomic E-state index is 11.9. The molecule has 0 heterocycles. The van der Waals surface area contributed by atoms with Crippen LogP contribution in [-0.2, 0) is 16.1 Å².